The second kappa shape index (κ2) is 7.87. The average molecular weight is 420 g/mol. The van der Waals surface area contributed by atoms with Crippen LogP contribution in [0.1, 0.15) is 36.7 Å². The van der Waals surface area contributed by atoms with Crippen molar-refractivity contribution in [2.24, 2.45) is 10.6 Å². The van der Waals surface area contributed by atoms with Gasteiger partial charge in [-0.15, -0.1) is 0 Å². The van der Waals surface area contributed by atoms with Crippen molar-refractivity contribution in [3.8, 4) is 11.8 Å². The van der Waals surface area contributed by atoms with Crippen LogP contribution in [0.5, 0.6) is 0 Å². The molecule has 0 saturated heterocycles. The minimum atomic E-state index is -4.25. The van der Waals surface area contributed by atoms with Crippen LogP contribution in [0.15, 0.2) is 58.3 Å². The summed E-state index contributed by atoms with van der Waals surface area (Å²) < 4.78 is 48.6. The van der Waals surface area contributed by atoms with E-state index < -0.39 is 41.2 Å². The lowest BCUT2D eigenvalue weighted by molar-refractivity contribution is 0.102. The highest BCUT2D eigenvalue weighted by atomic mass is 32.2. The molecule has 2 aromatic rings. The molecule has 8 heteroatoms. The minimum absolute atomic E-state index is 0.178. The van der Waals surface area contributed by atoms with Crippen molar-refractivity contribution >= 4 is 25.6 Å². The van der Waals surface area contributed by atoms with E-state index in [9.17, 15) is 21.6 Å². The molecule has 0 radical (unpaired) electrons. The lowest BCUT2D eigenvalue weighted by atomic mass is 9.97. The Morgan fingerprint density at radius 2 is 1.57 bits per heavy atom. The molecule has 6 nitrogen and oxygen atoms in total. The summed E-state index contributed by atoms with van der Waals surface area (Å²) in [6, 6.07) is 11.3. The van der Waals surface area contributed by atoms with Gasteiger partial charge in [0.2, 0.25) is 10.0 Å². The van der Waals surface area contributed by atoms with E-state index in [-0.39, 0.29) is 11.0 Å². The van der Waals surface area contributed by atoms with Gasteiger partial charge in [-0.25, -0.2) is 22.0 Å². The Kier molecular flexibility index (Phi) is 6.14. The van der Waals surface area contributed by atoms with E-state index in [0.29, 0.717) is 5.56 Å². The molecule has 0 unspecified atom stereocenters. The molecule has 148 valence electrons. The van der Waals surface area contributed by atoms with Crippen molar-refractivity contribution in [1.82, 2.24) is 0 Å². The van der Waals surface area contributed by atoms with Gasteiger partial charge in [0.25, 0.3) is 0 Å². The molecule has 0 aliphatic rings. The zero-order valence-electron chi connectivity index (χ0n) is 15.8. The third kappa shape index (κ3) is 5.76. The summed E-state index contributed by atoms with van der Waals surface area (Å²) in [5.41, 5.74) is 0.543. The maximum atomic E-state index is 12.7. The molecule has 2 aromatic carbocycles. The molecule has 0 heterocycles. The fourth-order valence-corrected chi connectivity index (χ4v) is 4.98. The number of sulfonamides is 1. The number of Topliss-reactive ketones (excluding diaryl/α,β-unsaturated/α-hetero) is 1. The molecule has 0 atom stereocenters. The Labute approximate surface area is 165 Å². The molecule has 28 heavy (non-hydrogen) atoms. The number of sulfone groups is 1. The van der Waals surface area contributed by atoms with E-state index >= 15 is 0 Å². The predicted octanol–water partition coefficient (Wildman–Crippen LogP) is 2.39. The molecule has 0 aromatic heterocycles. The lowest BCUT2D eigenvalue weighted by Gasteiger charge is -2.09. The Hall–Kier alpha value is -2.47. The lowest BCUT2D eigenvalue weighted by Crippen LogP contribution is -2.21. The van der Waals surface area contributed by atoms with Crippen molar-refractivity contribution in [3.63, 3.8) is 0 Å². The second-order valence-corrected chi connectivity index (χ2v) is 10.7. The van der Waals surface area contributed by atoms with Crippen LogP contribution in [0.2, 0.25) is 0 Å². The van der Waals surface area contributed by atoms with Gasteiger partial charge < -0.3 is 0 Å². The number of hydrogen-bond donors (Lipinski definition) is 1. The van der Waals surface area contributed by atoms with Gasteiger partial charge in [0.05, 0.1) is 4.90 Å². The largest absolute Gasteiger partial charge is 0.293 e. The van der Waals surface area contributed by atoms with Gasteiger partial charge in [-0.1, -0.05) is 36.1 Å². The van der Waals surface area contributed by atoms with E-state index in [4.69, 9.17) is 5.14 Å². The van der Waals surface area contributed by atoms with Crippen molar-refractivity contribution in [2.75, 3.05) is 5.75 Å². The van der Waals surface area contributed by atoms with Crippen LogP contribution in [0.25, 0.3) is 0 Å². The van der Waals surface area contributed by atoms with Crippen molar-refractivity contribution in [2.45, 2.75) is 30.6 Å². The highest BCUT2D eigenvalue weighted by molar-refractivity contribution is 7.94. The minimum Gasteiger partial charge on any atom is -0.293 e. The summed E-state index contributed by atoms with van der Waals surface area (Å²) in [6.07, 6.45) is 0. The topological polar surface area (TPSA) is 111 Å². The second-order valence-electron chi connectivity index (χ2n) is 7.25. The molecule has 0 fully saturated rings. The third-order valence-electron chi connectivity index (χ3n) is 3.58. The zero-order valence-corrected chi connectivity index (χ0v) is 17.4. The van der Waals surface area contributed by atoms with Crippen LogP contribution < -0.4 is 5.14 Å². The molecule has 0 saturated carbocycles. The molecule has 2 N–H and O–H groups in total. The zero-order chi connectivity index (χ0) is 21.2. The first-order chi connectivity index (χ1) is 12.8. The van der Waals surface area contributed by atoms with E-state index in [0.717, 1.165) is 12.1 Å². The first-order valence-corrected chi connectivity index (χ1v) is 11.5. The summed E-state index contributed by atoms with van der Waals surface area (Å²) in [4.78, 5) is 11.5. The standard InChI is InChI=1S/C20H21NO5S2/c1-20(2,3)12-11-15-7-6-8-16(13-15)17(22)14-27(23,24)18-9-4-5-10-19(18)28(21,25)26/h4-10,13H,14H2,1-3H3,(H2,21,25,26). The van der Waals surface area contributed by atoms with Crippen molar-refractivity contribution < 1.29 is 21.6 Å². The maximum absolute atomic E-state index is 12.7. The normalized spacial score (nSPS) is 12.1. The predicted molar refractivity (Wildman–Crippen MR) is 107 cm³/mol. The molecule has 0 aliphatic heterocycles. The Morgan fingerprint density at radius 1 is 0.964 bits per heavy atom. The van der Waals surface area contributed by atoms with Gasteiger partial charge in [-0.2, -0.15) is 0 Å². The fourth-order valence-electron chi connectivity index (χ4n) is 2.31. The fraction of sp³-hybridized carbons (Fsp3) is 0.250. The Bertz CT molecular complexity index is 1180. The molecule has 2 rings (SSSR count). The van der Waals surface area contributed by atoms with Crippen LogP contribution in [0.4, 0.5) is 0 Å². The number of primary sulfonamides is 1. The van der Waals surface area contributed by atoms with Crippen molar-refractivity contribution in [3.05, 3.63) is 59.7 Å². The number of benzene rings is 2. The van der Waals surface area contributed by atoms with Gasteiger partial charge in [0.15, 0.2) is 15.6 Å². The first-order valence-electron chi connectivity index (χ1n) is 8.31. The number of rotatable bonds is 5. The van der Waals surface area contributed by atoms with E-state index in [2.05, 4.69) is 11.8 Å². The molecule has 0 amide bonds. The highest BCUT2D eigenvalue weighted by Gasteiger charge is 2.27. The van der Waals surface area contributed by atoms with Gasteiger partial charge in [0, 0.05) is 16.5 Å². The van der Waals surface area contributed by atoms with Crippen LogP contribution in [0, 0.1) is 17.3 Å². The van der Waals surface area contributed by atoms with E-state index in [1.165, 1.54) is 24.3 Å². The summed E-state index contributed by atoms with van der Waals surface area (Å²) in [6.45, 7) is 5.85. The third-order valence-corrected chi connectivity index (χ3v) is 6.34. The van der Waals surface area contributed by atoms with Crippen LogP contribution >= 0.6 is 0 Å². The Morgan fingerprint density at radius 3 is 2.14 bits per heavy atom. The van der Waals surface area contributed by atoms with E-state index in [1.54, 1.807) is 12.1 Å². The number of ketones is 1. The summed E-state index contributed by atoms with van der Waals surface area (Å²) in [5, 5.41) is 5.09. The molecule has 0 spiro atoms. The SMILES string of the molecule is CC(C)(C)C#Cc1cccc(C(=O)CS(=O)(=O)c2ccccc2S(N)(=O)=O)c1. The number of nitrogens with two attached hydrogens (primary N) is 1. The molecular formula is C20H21NO5S2. The number of hydrogen-bond acceptors (Lipinski definition) is 5. The first kappa shape index (κ1) is 21.8. The van der Waals surface area contributed by atoms with E-state index in [1.807, 2.05) is 20.8 Å². The van der Waals surface area contributed by atoms with Gasteiger partial charge >= 0.3 is 0 Å². The van der Waals surface area contributed by atoms with Gasteiger partial charge in [-0.05, 0) is 45.0 Å². The summed E-state index contributed by atoms with van der Waals surface area (Å²) >= 11 is 0. The number of carbonyl (C=O) groups excluding carboxylic acids is 1. The van der Waals surface area contributed by atoms with Crippen LogP contribution in [-0.2, 0) is 19.9 Å². The van der Waals surface area contributed by atoms with Gasteiger partial charge in [-0.3, -0.25) is 4.79 Å². The molecule has 0 bridgehead atoms. The average Bonchev–Trinajstić information content (AvgIpc) is 2.58. The maximum Gasteiger partial charge on any atom is 0.239 e. The number of carbonyl (C=O) groups is 1. The van der Waals surface area contributed by atoms with Crippen LogP contribution in [-0.4, -0.2) is 28.4 Å². The highest BCUT2D eigenvalue weighted by Crippen LogP contribution is 2.21. The quantitative estimate of drug-likeness (QED) is 0.591. The monoisotopic (exact) mass is 419 g/mol. The smallest absolute Gasteiger partial charge is 0.239 e. The molecule has 0 aliphatic carbocycles. The summed E-state index contributed by atoms with van der Waals surface area (Å²) in [5.74, 6) is 4.46. The van der Waals surface area contributed by atoms with Crippen LogP contribution in [0.3, 0.4) is 0 Å². The van der Waals surface area contributed by atoms with Gasteiger partial charge in [0.1, 0.15) is 10.6 Å². The van der Waals surface area contributed by atoms with Crippen molar-refractivity contribution in [1.29, 1.82) is 0 Å². The molecular weight excluding hydrogens is 398 g/mol. The summed E-state index contributed by atoms with van der Waals surface area (Å²) in [7, 11) is -8.47. The Balaban J connectivity index is 2.37.